The first-order valence-corrected chi connectivity index (χ1v) is 7.91. The summed E-state index contributed by atoms with van der Waals surface area (Å²) in [5.74, 6) is 1.14. The average molecular weight is 312 g/mol. The van der Waals surface area contributed by atoms with Crippen LogP contribution in [0.25, 0.3) is 0 Å². The fraction of sp³-hybridized carbons (Fsp3) is 0.389. The zero-order valence-electron chi connectivity index (χ0n) is 14.0. The van der Waals surface area contributed by atoms with Crippen molar-refractivity contribution in [3.63, 3.8) is 0 Å². The second-order valence-electron chi connectivity index (χ2n) is 6.04. The van der Waals surface area contributed by atoms with Gasteiger partial charge in [0.15, 0.2) is 0 Å². The molecule has 23 heavy (non-hydrogen) atoms. The average Bonchev–Trinajstić information content (AvgIpc) is 2.55. The first-order valence-electron chi connectivity index (χ1n) is 7.91. The van der Waals surface area contributed by atoms with Gasteiger partial charge in [0.25, 0.3) is 5.91 Å². The summed E-state index contributed by atoms with van der Waals surface area (Å²) in [5.41, 5.74) is 1.55. The molecule has 1 aromatic carbocycles. The number of hydrogen-bond acceptors (Lipinski definition) is 4. The highest BCUT2D eigenvalue weighted by molar-refractivity contribution is 5.91. The molecule has 1 aromatic heterocycles. The number of hydrogen-bond donors (Lipinski definition) is 1. The van der Waals surface area contributed by atoms with Gasteiger partial charge in [-0.2, -0.15) is 0 Å². The van der Waals surface area contributed by atoms with E-state index < -0.39 is 0 Å². The molecule has 0 radical (unpaired) electrons. The van der Waals surface area contributed by atoms with Gasteiger partial charge in [-0.05, 0) is 17.9 Å². The molecule has 0 aliphatic rings. The summed E-state index contributed by atoms with van der Waals surface area (Å²) < 4.78 is 0. The van der Waals surface area contributed by atoms with Crippen molar-refractivity contribution in [3.8, 4) is 0 Å². The maximum Gasteiger partial charge on any atom is 0.271 e. The Morgan fingerprint density at radius 2 is 1.91 bits per heavy atom. The molecule has 0 fully saturated rings. The molecular formula is C18H24N4O. The molecular weight excluding hydrogens is 288 g/mol. The Hall–Kier alpha value is -2.43. The molecule has 0 aliphatic heterocycles. The molecule has 0 aliphatic carbocycles. The van der Waals surface area contributed by atoms with Crippen LogP contribution in [0.3, 0.4) is 0 Å². The predicted molar refractivity (Wildman–Crippen MR) is 92.4 cm³/mol. The van der Waals surface area contributed by atoms with Gasteiger partial charge in [0, 0.05) is 20.1 Å². The summed E-state index contributed by atoms with van der Waals surface area (Å²) in [6.07, 6.45) is 4.12. The van der Waals surface area contributed by atoms with Gasteiger partial charge in [0.1, 0.15) is 11.5 Å². The second kappa shape index (κ2) is 8.27. The third-order valence-corrected chi connectivity index (χ3v) is 3.53. The van der Waals surface area contributed by atoms with E-state index in [0.29, 0.717) is 18.2 Å². The van der Waals surface area contributed by atoms with E-state index in [0.717, 1.165) is 18.8 Å². The molecule has 2 rings (SSSR count). The molecule has 5 heteroatoms. The maximum atomic E-state index is 12.0. The normalized spacial score (nSPS) is 10.6. The molecule has 0 unspecified atom stereocenters. The highest BCUT2D eigenvalue weighted by Gasteiger charge is 2.09. The molecule has 0 saturated carbocycles. The number of nitrogens with one attached hydrogen (secondary N) is 1. The summed E-state index contributed by atoms with van der Waals surface area (Å²) in [7, 11) is 1.96. The van der Waals surface area contributed by atoms with Crippen molar-refractivity contribution >= 4 is 11.7 Å². The molecule has 0 saturated heterocycles. The summed E-state index contributed by atoms with van der Waals surface area (Å²) in [4.78, 5) is 22.5. The topological polar surface area (TPSA) is 58.1 Å². The Bertz CT molecular complexity index is 611. The smallest absolute Gasteiger partial charge is 0.271 e. The van der Waals surface area contributed by atoms with Gasteiger partial charge in [-0.25, -0.2) is 9.97 Å². The first-order chi connectivity index (χ1) is 11.1. The zero-order valence-corrected chi connectivity index (χ0v) is 14.0. The minimum Gasteiger partial charge on any atom is -0.354 e. The monoisotopic (exact) mass is 312 g/mol. The lowest BCUT2D eigenvalue weighted by Gasteiger charge is -2.17. The van der Waals surface area contributed by atoms with Crippen molar-refractivity contribution in [1.29, 1.82) is 0 Å². The Kier molecular flexibility index (Phi) is 6.09. The lowest BCUT2D eigenvalue weighted by atomic mass is 10.1. The minimum absolute atomic E-state index is 0.171. The van der Waals surface area contributed by atoms with Crippen LogP contribution in [0.4, 0.5) is 5.82 Å². The fourth-order valence-corrected chi connectivity index (χ4v) is 2.14. The quantitative estimate of drug-likeness (QED) is 0.854. The molecule has 5 nitrogen and oxygen atoms in total. The molecule has 0 spiro atoms. The van der Waals surface area contributed by atoms with Crippen LogP contribution < -0.4 is 10.2 Å². The van der Waals surface area contributed by atoms with E-state index in [2.05, 4.69) is 41.3 Å². The maximum absolute atomic E-state index is 12.0. The summed E-state index contributed by atoms with van der Waals surface area (Å²) in [6.45, 7) is 5.66. The Morgan fingerprint density at radius 3 is 2.52 bits per heavy atom. The largest absolute Gasteiger partial charge is 0.354 e. The number of carbonyl (C=O) groups is 1. The summed E-state index contributed by atoms with van der Waals surface area (Å²) in [6, 6.07) is 10.2. The standard InChI is InChI=1S/C18H24N4O/c1-14(2)9-10-19-18(23)16-11-21-17(12-20-16)22(3)13-15-7-5-4-6-8-15/h4-8,11-12,14H,9-10,13H2,1-3H3,(H,19,23). The highest BCUT2D eigenvalue weighted by atomic mass is 16.1. The fourth-order valence-electron chi connectivity index (χ4n) is 2.14. The number of benzene rings is 1. The second-order valence-corrected chi connectivity index (χ2v) is 6.04. The van der Waals surface area contributed by atoms with Gasteiger partial charge in [-0.3, -0.25) is 4.79 Å². The van der Waals surface area contributed by atoms with Gasteiger partial charge in [0.05, 0.1) is 12.4 Å². The van der Waals surface area contributed by atoms with E-state index in [9.17, 15) is 4.79 Å². The molecule has 0 atom stereocenters. The number of aromatic nitrogens is 2. The van der Waals surface area contributed by atoms with E-state index in [-0.39, 0.29) is 5.91 Å². The van der Waals surface area contributed by atoms with Crippen LogP contribution in [0.15, 0.2) is 42.7 Å². The number of amides is 1. The van der Waals surface area contributed by atoms with Crippen LogP contribution in [0, 0.1) is 5.92 Å². The lowest BCUT2D eigenvalue weighted by molar-refractivity contribution is 0.0946. The SMILES string of the molecule is CC(C)CCNC(=O)c1cnc(N(C)Cc2ccccc2)cn1. The van der Waals surface area contributed by atoms with Crippen LogP contribution in [0.5, 0.6) is 0 Å². The van der Waals surface area contributed by atoms with Crippen molar-refractivity contribution < 1.29 is 4.79 Å². The minimum atomic E-state index is -0.171. The van der Waals surface area contributed by atoms with Crippen molar-refractivity contribution in [3.05, 3.63) is 54.0 Å². The van der Waals surface area contributed by atoms with Crippen LogP contribution in [0.2, 0.25) is 0 Å². The van der Waals surface area contributed by atoms with Gasteiger partial charge >= 0.3 is 0 Å². The Morgan fingerprint density at radius 1 is 1.17 bits per heavy atom. The lowest BCUT2D eigenvalue weighted by Crippen LogP contribution is -2.26. The van der Waals surface area contributed by atoms with Crippen molar-refractivity contribution in [2.75, 3.05) is 18.5 Å². The highest BCUT2D eigenvalue weighted by Crippen LogP contribution is 2.11. The molecule has 1 heterocycles. The van der Waals surface area contributed by atoms with E-state index >= 15 is 0 Å². The molecule has 0 bridgehead atoms. The third kappa shape index (κ3) is 5.36. The van der Waals surface area contributed by atoms with Crippen LogP contribution in [0.1, 0.15) is 36.3 Å². The van der Waals surface area contributed by atoms with E-state index in [1.165, 1.54) is 11.8 Å². The molecule has 122 valence electrons. The Labute approximate surface area is 137 Å². The molecule has 1 amide bonds. The van der Waals surface area contributed by atoms with Gasteiger partial charge in [-0.1, -0.05) is 44.2 Å². The zero-order chi connectivity index (χ0) is 16.7. The van der Waals surface area contributed by atoms with Gasteiger partial charge in [-0.15, -0.1) is 0 Å². The van der Waals surface area contributed by atoms with E-state index in [1.807, 2.05) is 30.1 Å². The van der Waals surface area contributed by atoms with E-state index in [1.54, 1.807) is 6.20 Å². The van der Waals surface area contributed by atoms with Gasteiger partial charge in [0.2, 0.25) is 0 Å². The Balaban J connectivity index is 1.92. The number of carbonyl (C=O) groups excluding carboxylic acids is 1. The van der Waals surface area contributed by atoms with Crippen molar-refractivity contribution in [2.45, 2.75) is 26.8 Å². The number of nitrogens with zero attached hydrogens (tertiary/aromatic N) is 3. The molecule has 1 N–H and O–H groups in total. The van der Waals surface area contributed by atoms with Crippen LogP contribution in [-0.4, -0.2) is 29.5 Å². The van der Waals surface area contributed by atoms with Crippen LogP contribution >= 0.6 is 0 Å². The summed E-state index contributed by atoms with van der Waals surface area (Å²) >= 11 is 0. The predicted octanol–water partition coefficient (Wildman–Crippen LogP) is 2.89. The van der Waals surface area contributed by atoms with Crippen molar-refractivity contribution in [1.82, 2.24) is 15.3 Å². The van der Waals surface area contributed by atoms with Crippen LogP contribution in [-0.2, 0) is 6.54 Å². The van der Waals surface area contributed by atoms with Gasteiger partial charge < -0.3 is 10.2 Å². The number of rotatable bonds is 7. The third-order valence-electron chi connectivity index (χ3n) is 3.53. The van der Waals surface area contributed by atoms with Crippen molar-refractivity contribution in [2.24, 2.45) is 5.92 Å². The molecule has 2 aromatic rings. The first kappa shape index (κ1) is 16.9. The summed E-state index contributed by atoms with van der Waals surface area (Å²) in [5, 5.41) is 2.86. The number of anilines is 1. The van der Waals surface area contributed by atoms with E-state index in [4.69, 9.17) is 0 Å².